The smallest absolute Gasteiger partial charge is 0.120 e. The fourth-order valence-corrected chi connectivity index (χ4v) is 1.80. The van der Waals surface area contributed by atoms with E-state index in [1.165, 1.54) is 24.9 Å². The molecule has 0 aliphatic heterocycles. The van der Waals surface area contributed by atoms with Gasteiger partial charge in [0.2, 0.25) is 0 Å². The minimum absolute atomic E-state index is 0.940. The van der Waals surface area contributed by atoms with Crippen LogP contribution >= 0.6 is 0 Å². The van der Waals surface area contributed by atoms with Crippen molar-refractivity contribution in [3.8, 4) is 5.75 Å². The van der Waals surface area contributed by atoms with Crippen LogP contribution in [0.5, 0.6) is 5.75 Å². The second kappa shape index (κ2) is 7.15. The third-order valence-electron chi connectivity index (χ3n) is 2.69. The van der Waals surface area contributed by atoms with Crippen LogP contribution in [0.25, 0.3) is 0 Å². The summed E-state index contributed by atoms with van der Waals surface area (Å²) in [5, 5.41) is 0. The Morgan fingerprint density at radius 3 is 2.56 bits per heavy atom. The Hall–Kier alpha value is -1.18. The summed E-state index contributed by atoms with van der Waals surface area (Å²) in [6.45, 7) is 6.71. The largest absolute Gasteiger partial charge is 0.497 e. The van der Waals surface area contributed by atoms with Gasteiger partial charge < -0.3 is 9.64 Å². The SMILES string of the molecule is CCCCN(CCC)c1cccc(OC)c1. The van der Waals surface area contributed by atoms with Gasteiger partial charge in [0.15, 0.2) is 0 Å². The molecule has 0 radical (unpaired) electrons. The lowest BCUT2D eigenvalue weighted by Gasteiger charge is -2.24. The molecular weight excluding hydrogens is 198 g/mol. The van der Waals surface area contributed by atoms with Crippen LogP contribution < -0.4 is 9.64 Å². The highest BCUT2D eigenvalue weighted by molar-refractivity contribution is 5.50. The Labute approximate surface area is 99.2 Å². The number of hydrogen-bond donors (Lipinski definition) is 0. The summed E-state index contributed by atoms with van der Waals surface area (Å²) in [5.74, 6) is 0.940. The summed E-state index contributed by atoms with van der Waals surface area (Å²) < 4.78 is 5.26. The molecule has 0 amide bonds. The van der Waals surface area contributed by atoms with Gasteiger partial charge in [-0.3, -0.25) is 0 Å². The van der Waals surface area contributed by atoms with Gasteiger partial charge in [0, 0.05) is 24.8 Å². The molecule has 0 aromatic heterocycles. The van der Waals surface area contributed by atoms with Crippen molar-refractivity contribution in [2.24, 2.45) is 0 Å². The van der Waals surface area contributed by atoms with Crippen LogP contribution in [0.1, 0.15) is 33.1 Å². The molecule has 0 saturated carbocycles. The van der Waals surface area contributed by atoms with Crippen molar-refractivity contribution in [3.05, 3.63) is 24.3 Å². The van der Waals surface area contributed by atoms with Gasteiger partial charge in [0.1, 0.15) is 5.75 Å². The van der Waals surface area contributed by atoms with Crippen molar-refractivity contribution in [2.75, 3.05) is 25.1 Å². The van der Waals surface area contributed by atoms with Crippen molar-refractivity contribution < 1.29 is 4.74 Å². The van der Waals surface area contributed by atoms with Gasteiger partial charge in [-0.2, -0.15) is 0 Å². The molecule has 1 rings (SSSR count). The normalized spacial score (nSPS) is 10.2. The summed E-state index contributed by atoms with van der Waals surface area (Å²) in [7, 11) is 1.72. The molecule has 0 fully saturated rings. The molecule has 0 unspecified atom stereocenters. The number of rotatable bonds is 7. The third-order valence-corrected chi connectivity index (χ3v) is 2.69. The van der Waals surface area contributed by atoms with Crippen LogP contribution in [0.3, 0.4) is 0 Å². The molecule has 0 N–H and O–H groups in total. The molecule has 0 saturated heterocycles. The van der Waals surface area contributed by atoms with Crippen molar-refractivity contribution in [2.45, 2.75) is 33.1 Å². The van der Waals surface area contributed by atoms with Crippen molar-refractivity contribution in [3.63, 3.8) is 0 Å². The zero-order valence-corrected chi connectivity index (χ0v) is 10.7. The number of anilines is 1. The van der Waals surface area contributed by atoms with Crippen LogP contribution in [0.2, 0.25) is 0 Å². The van der Waals surface area contributed by atoms with E-state index in [-0.39, 0.29) is 0 Å². The van der Waals surface area contributed by atoms with Crippen LogP contribution in [-0.4, -0.2) is 20.2 Å². The average Bonchev–Trinajstić information content (AvgIpc) is 2.34. The predicted molar refractivity (Wildman–Crippen MR) is 70.4 cm³/mol. The maximum absolute atomic E-state index is 5.26. The average molecular weight is 221 g/mol. The summed E-state index contributed by atoms with van der Waals surface area (Å²) in [5.41, 5.74) is 1.27. The number of hydrogen-bond acceptors (Lipinski definition) is 2. The highest BCUT2D eigenvalue weighted by Crippen LogP contribution is 2.21. The molecule has 90 valence electrons. The Bertz CT molecular complexity index is 299. The third kappa shape index (κ3) is 3.76. The van der Waals surface area contributed by atoms with Crippen molar-refractivity contribution in [1.29, 1.82) is 0 Å². The first-order valence-corrected chi connectivity index (χ1v) is 6.20. The van der Waals surface area contributed by atoms with Crippen molar-refractivity contribution in [1.82, 2.24) is 0 Å². The summed E-state index contributed by atoms with van der Waals surface area (Å²) in [4.78, 5) is 2.44. The lowest BCUT2D eigenvalue weighted by molar-refractivity contribution is 0.414. The van der Waals surface area contributed by atoms with E-state index < -0.39 is 0 Å². The fourth-order valence-electron chi connectivity index (χ4n) is 1.80. The second-order valence-corrected chi connectivity index (χ2v) is 4.04. The topological polar surface area (TPSA) is 12.5 Å². The monoisotopic (exact) mass is 221 g/mol. The molecule has 1 aromatic rings. The van der Waals surface area contributed by atoms with Gasteiger partial charge in [-0.25, -0.2) is 0 Å². The molecule has 16 heavy (non-hydrogen) atoms. The minimum Gasteiger partial charge on any atom is -0.497 e. The molecule has 0 spiro atoms. The molecule has 0 aliphatic carbocycles. The van der Waals surface area contributed by atoms with E-state index >= 15 is 0 Å². The fraction of sp³-hybridized carbons (Fsp3) is 0.571. The quantitative estimate of drug-likeness (QED) is 0.696. The van der Waals surface area contributed by atoms with Gasteiger partial charge in [-0.15, -0.1) is 0 Å². The van der Waals surface area contributed by atoms with E-state index in [4.69, 9.17) is 4.74 Å². The predicted octanol–water partition coefficient (Wildman–Crippen LogP) is 3.71. The van der Waals surface area contributed by atoms with Gasteiger partial charge in [-0.1, -0.05) is 26.3 Å². The molecule has 0 aliphatic rings. The van der Waals surface area contributed by atoms with Crippen LogP contribution in [0, 0.1) is 0 Å². The maximum atomic E-state index is 5.26. The lowest BCUT2D eigenvalue weighted by Crippen LogP contribution is -2.25. The Kier molecular flexibility index (Phi) is 5.76. The van der Waals surface area contributed by atoms with Crippen molar-refractivity contribution >= 4 is 5.69 Å². The molecule has 1 aromatic carbocycles. The molecular formula is C14H23NO. The van der Waals surface area contributed by atoms with Gasteiger partial charge >= 0.3 is 0 Å². The first-order valence-electron chi connectivity index (χ1n) is 6.20. The van der Waals surface area contributed by atoms with E-state index in [0.717, 1.165) is 18.8 Å². The Balaban J connectivity index is 2.73. The lowest BCUT2D eigenvalue weighted by atomic mass is 10.2. The van der Waals surface area contributed by atoms with Gasteiger partial charge in [0.25, 0.3) is 0 Å². The molecule has 2 nitrogen and oxygen atoms in total. The number of nitrogens with zero attached hydrogens (tertiary/aromatic N) is 1. The number of ether oxygens (including phenoxy) is 1. The minimum atomic E-state index is 0.940. The zero-order valence-electron chi connectivity index (χ0n) is 10.7. The second-order valence-electron chi connectivity index (χ2n) is 4.04. The van der Waals surface area contributed by atoms with Crippen LogP contribution in [-0.2, 0) is 0 Å². The number of benzene rings is 1. The standard InChI is InChI=1S/C14H23NO/c1-4-6-11-15(10-5-2)13-8-7-9-14(12-13)16-3/h7-9,12H,4-6,10-11H2,1-3H3. The highest BCUT2D eigenvalue weighted by Gasteiger charge is 2.05. The Morgan fingerprint density at radius 2 is 1.94 bits per heavy atom. The number of methoxy groups -OCH3 is 1. The van der Waals surface area contributed by atoms with E-state index in [1.54, 1.807) is 7.11 Å². The van der Waals surface area contributed by atoms with Gasteiger partial charge in [0.05, 0.1) is 7.11 Å². The zero-order chi connectivity index (χ0) is 11.8. The van der Waals surface area contributed by atoms with E-state index in [1.807, 2.05) is 6.07 Å². The van der Waals surface area contributed by atoms with E-state index in [2.05, 4.69) is 36.9 Å². The maximum Gasteiger partial charge on any atom is 0.120 e. The summed E-state index contributed by atoms with van der Waals surface area (Å²) >= 11 is 0. The van der Waals surface area contributed by atoms with E-state index in [9.17, 15) is 0 Å². The molecule has 2 heteroatoms. The summed E-state index contributed by atoms with van der Waals surface area (Å²) in [6.07, 6.45) is 3.67. The van der Waals surface area contributed by atoms with Gasteiger partial charge in [-0.05, 0) is 25.0 Å². The van der Waals surface area contributed by atoms with E-state index in [0.29, 0.717) is 0 Å². The molecule has 0 atom stereocenters. The van der Waals surface area contributed by atoms with Crippen LogP contribution in [0.15, 0.2) is 24.3 Å². The van der Waals surface area contributed by atoms with Crippen LogP contribution in [0.4, 0.5) is 5.69 Å². The summed E-state index contributed by atoms with van der Waals surface area (Å²) in [6, 6.07) is 8.33. The molecule has 0 heterocycles. The first kappa shape index (κ1) is 12.9. The highest BCUT2D eigenvalue weighted by atomic mass is 16.5. The molecule has 0 bridgehead atoms. The first-order chi connectivity index (χ1) is 7.81. The number of unbranched alkanes of at least 4 members (excludes halogenated alkanes) is 1. The Morgan fingerprint density at radius 1 is 1.12 bits per heavy atom.